The summed E-state index contributed by atoms with van der Waals surface area (Å²) in [6, 6.07) is 6.54. The summed E-state index contributed by atoms with van der Waals surface area (Å²) >= 11 is 0. The molecule has 27 heavy (non-hydrogen) atoms. The minimum Gasteiger partial charge on any atom is -0.508 e. The molecular formula is C19H25N3O5. The molecule has 0 aliphatic heterocycles. The topological polar surface area (TPSA) is 139 Å². The number of aryl methyl sites for hydroxylation is 1. The molecular weight excluding hydrogens is 350 g/mol. The molecule has 3 amide bonds. The molecule has 2 atom stereocenters. The van der Waals surface area contributed by atoms with Gasteiger partial charge in [0, 0.05) is 18.3 Å². The molecule has 0 radical (unpaired) electrons. The first kappa shape index (κ1) is 20.4. The first-order valence-corrected chi connectivity index (χ1v) is 9.00. The highest BCUT2D eigenvalue weighted by molar-refractivity contribution is 5.93. The van der Waals surface area contributed by atoms with Crippen LogP contribution in [-0.2, 0) is 25.6 Å². The number of nitrogens with one attached hydrogen (secondary N) is 2. The van der Waals surface area contributed by atoms with Gasteiger partial charge in [-0.2, -0.15) is 0 Å². The van der Waals surface area contributed by atoms with Crippen LogP contribution < -0.4 is 16.4 Å². The van der Waals surface area contributed by atoms with Crippen molar-refractivity contribution in [1.29, 1.82) is 0 Å². The van der Waals surface area contributed by atoms with Crippen molar-refractivity contribution in [3.05, 3.63) is 29.8 Å². The summed E-state index contributed by atoms with van der Waals surface area (Å²) in [7, 11) is 0. The Labute approximate surface area is 157 Å². The van der Waals surface area contributed by atoms with E-state index in [0.717, 1.165) is 12.0 Å². The number of hydrogen-bond acceptors (Lipinski definition) is 5. The number of nitrogens with two attached hydrogens (primary N) is 1. The molecule has 2 rings (SSSR count). The molecule has 8 heteroatoms. The normalized spacial score (nSPS) is 18.7. The van der Waals surface area contributed by atoms with Gasteiger partial charge in [0.05, 0.1) is 13.1 Å². The molecule has 0 heterocycles. The summed E-state index contributed by atoms with van der Waals surface area (Å²) in [5.74, 6) is -2.14. The lowest BCUT2D eigenvalue weighted by Gasteiger charge is -2.15. The molecule has 8 nitrogen and oxygen atoms in total. The van der Waals surface area contributed by atoms with Crippen LogP contribution in [0, 0.1) is 11.8 Å². The second-order valence-corrected chi connectivity index (χ2v) is 6.73. The second kappa shape index (κ2) is 9.70. The molecule has 1 unspecified atom stereocenters. The Hall–Kier alpha value is -2.90. The van der Waals surface area contributed by atoms with Gasteiger partial charge in [0.2, 0.25) is 17.7 Å². The van der Waals surface area contributed by atoms with Crippen LogP contribution in [0.15, 0.2) is 24.3 Å². The lowest BCUT2D eigenvalue weighted by Crippen LogP contribution is -2.41. The van der Waals surface area contributed by atoms with Gasteiger partial charge < -0.3 is 21.5 Å². The summed E-state index contributed by atoms with van der Waals surface area (Å²) in [5, 5.41) is 14.2. The first-order chi connectivity index (χ1) is 12.9. The van der Waals surface area contributed by atoms with E-state index in [4.69, 9.17) is 5.73 Å². The van der Waals surface area contributed by atoms with Crippen molar-refractivity contribution >= 4 is 23.5 Å². The van der Waals surface area contributed by atoms with E-state index in [1.54, 1.807) is 24.3 Å². The minimum absolute atomic E-state index is 0.161. The van der Waals surface area contributed by atoms with Crippen molar-refractivity contribution in [2.75, 3.05) is 13.1 Å². The average molecular weight is 375 g/mol. The quantitative estimate of drug-likeness (QED) is 0.482. The molecule has 1 fully saturated rings. The summed E-state index contributed by atoms with van der Waals surface area (Å²) in [4.78, 5) is 47.1. The maximum Gasteiger partial charge on any atom is 0.239 e. The van der Waals surface area contributed by atoms with E-state index in [-0.39, 0.29) is 37.0 Å². The van der Waals surface area contributed by atoms with Crippen LogP contribution in [0.1, 0.15) is 31.2 Å². The van der Waals surface area contributed by atoms with Gasteiger partial charge in [0.1, 0.15) is 5.75 Å². The largest absolute Gasteiger partial charge is 0.508 e. The van der Waals surface area contributed by atoms with Crippen LogP contribution in [0.4, 0.5) is 0 Å². The van der Waals surface area contributed by atoms with Crippen molar-refractivity contribution in [3.8, 4) is 5.75 Å². The highest BCUT2D eigenvalue weighted by atomic mass is 16.3. The van der Waals surface area contributed by atoms with E-state index in [0.29, 0.717) is 19.3 Å². The van der Waals surface area contributed by atoms with Gasteiger partial charge in [0.25, 0.3) is 0 Å². The number of phenols is 1. The fourth-order valence-corrected chi connectivity index (χ4v) is 3.25. The zero-order chi connectivity index (χ0) is 19.8. The summed E-state index contributed by atoms with van der Waals surface area (Å²) < 4.78 is 0. The Kier molecular flexibility index (Phi) is 7.34. The van der Waals surface area contributed by atoms with Gasteiger partial charge in [-0.25, -0.2) is 0 Å². The lowest BCUT2D eigenvalue weighted by molar-refractivity contribution is -0.131. The van der Waals surface area contributed by atoms with Gasteiger partial charge in [0.15, 0.2) is 5.78 Å². The fraction of sp³-hybridized carbons (Fsp3) is 0.474. The van der Waals surface area contributed by atoms with Gasteiger partial charge >= 0.3 is 0 Å². The van der Waals surface area contributed by atoms with Crippen LogP contribution >= 0.6 is 0 Å². The third-order valence-electron chi connectivity index (χ3n) is 4.78. The third-order valence-corrected chi connectivity index (χ3v) is 4.78. The van der Waals surface area contributed by atoms with Crippen LogP contribution in [0.5, 0.6) is 5.75 Å². The van der Waals surface area contributed by atoms with Crippen molar-refractivity contribution < 1.29 is 24.3 Å². The molecule has 1 aromatic rings. The molecule has 1 aromatic carbocycles. The van der Waals surface area contributed by atoms with Crippen LogP contribution in [0.25, 0.3) is 0 Å². The standard InChI is InChI=1S/C19H25N3O5/c20-19(27)15-3-1-2-14(15)16(24)10-21-18(26)11-22-17(25)9-6-12-4-7-13(23)8-5-12/h4-5,7-8,14-15,23H,1-3,6,9-11H2,(H2,20,27)(H,21,26)(H,22,25)/t14?,15-/m1/s1. The first-order valence-electron chi connectivity index (χ1n) is 9.00. The number of hydrogen-bond donors (Lipinski definition) is 4. The Morgan fingerprint density at radius 2 is 1.59 bits per heavy atom. The monoisotopic (exact) mass is 375 g/mol. The third kappa shape index (κ3) is 6.40. The fourth-order valence-electron chi connectivity index (χ4n) is 3.25. The summed E-state index contributed by atoms with van der Waals surface area (Å²) in [5.41, 5.74) is 6.20. The van der Waals surface area contributed by atoms with E-state index in [9.17, 15) is 24.3 Å². The summed E-state index contributed by atoms with van der Waals surface area (Å²) in [6.45, 7) is -0.387. The number of primary amides is 1. The highest BCUT2D eigenvalue weighted by Gasteiger charge is 2.36. The number of aromatic hydroxyl groups is 1. The zero-order valence-corrected chi connectivity index (χ0v) is 15.1. The van der Waals surface area contributed by atoms with Crippen LogP contribution in [-0.4, -0.2) is 41.7 Å². The number of phenolic OH excluding ortho intramolecular Hbond substituents is 1. The predicted octanol–water partition coefficient (Wildman–Crippen LogP) is 0.0279. The van der Waals surface area contributed by atoms with Gasteiger partial charge in [-0.1, -0.05) is 18.6 Å². The molecule has 1 saturated carbocycles. The second-order valence-electron chi connectivity index (χ2n) is 6.73. The molecule has 0 aromatic heterocycles. The van der Waals surface area contributed by atoms with Crippen LogP contribution in [0.3, 0.4) is 0 Å². The van der Waals surface area contributed by atoms with Gasteiger partial charge in [-0.3, -0.25) is 19.2 Å². The molecule has 1 aliphatic carbocycles. The lowest BCUT2D eigenvalue weighted by atomic mass is 9.91. The zero-order valence-electron chi connectivity index (χ0n) is 15.1. The Balaban J connectivity index is 1.65. The van der Waals surface area contributed by atoms with Crippen molar-refractivity contribution in [3.63, 3.8) is 0 Å². The Morgan fingerprint density at radius 1 is 0.963 bits per heavy atom. The van der Waals surface area contributed by atoms with Gasteiger partial charge in [-0.15, -0.1) is 0 Å². The van der Waals surface area contributed by atoms with E-state index in [2.05, 4.69) is 10.6 Å². The van der Waals surface area contributed by atoms with Crippen molar-refractivity contribution in [2.45, 2.75) is 32.1 Å². The number of ketones is 1. The molecule has 1 aliphatic rings. The number of carbonyl (C=O) groups is 4. The number of benzene rings is 1. The van der Waals surface area contributed by atoms with Gasteiger partial charge in [-0.05, 0) is 37.0 Å². The maximum absolute atomic E-state index is 12.2. The number of rotatable bonds is 9. The smallest absolute Gasteiger partial charge is 0.239 e. The minimum atomic E-state index is -0.474. The molecule has 5 N–H and O–H groups in total. The predicted molar refractivity (Wildman–Crippen MR) is 97.5 cm³/mol. The van der Waals surface area contributed by atoms with Crippen molar-refractivity contribution in [1.82, 2.24) is 10.6 Å². The van der Waals surface area contributed by atoms with E-state index in [1.807, 2.05) is 0 Å². The highest BCUT2D eigenvalue weighted by Crippen LogP contribution is 2.31. The van der Waals surface area contributed by atoms with Crippen molar-refractivity contribution in [2.24, 2.45) is 17.6 Å². The Bertz CT molecular complexity index is 702. The molecule has 146 valence electrons. The molecule has 0 saturated heterocycles. The van der Waals surface area contributed by atoms with E-state index in [1.165, 1.54) is 0 Å². The molecule has 0 spiro atoms. The average Bonchev–Trinajstić information content (AvgIpc) is 3.14. The molecule has 0 bridgehead atoms. The maximum atomic E-state index is 12.2. The Morgan fingerprint density at radius 3 is 2.26 bits per heavy atom. The van der Waals surface area contributed by atoms with Crippen LogP contribution in [0.2, 0.25) is 0 Å². The SMILES string of the molecule is NC(=O)[C@@H]1CCCC1C(=O)CNC(=O)CNC(=O)CCc1ccc(O)cc1. The summed E-state index contributed by atoms with van der Waals surface area (Å²) in [6.07, 6.45) is 2.68. The number of amides is 3. The number of Topliss-reactive ketones (excluding diaryl/α,β-unsaturated/α-hetero) is 1. The number of carbonyl (C=O) groups excluding carboxylic acids is 4. The van der Waals surface area contributed by atoms with E-state index >= 15 is 0 Å². The van der Waals surface area contributed by atoms with E-state index < -0.39 is 23.7 Å².